The van der Waals surface area contributed by atoms with Crippen LogP contribution in [0.3, 0.4) is 0 Å². The molecule has 0 aromatic heterocycles. The van der Waals surface area contributed by atoms with Crippen molar-refractivity contribution in [1.82, 2.24) is 0 Å². The van der Waals surface area contributed by atoms with E-state index in [2.05, 4.69) is 5.32 Å². The molecule has 0 bridgehead atoms. The second kappa shape index (κ2) is 9.51. The van der Waals surface area contributed by atoms with Crippen molar-refractivity contribution in [3.63, 3.8) is 0 Å². The third-order valence-electron chi connectivity index (χ3n) is 3.92. The Morgan fingerprint density at radius 2 is 1.96 bits per heavy atom. The summed E-state index contributed by atoms with van der Waals surface area (Å²) >= 11 is 0. The zero-order valence-corrected chi connectivity index (χ0v) is 15.4. The van der Waals surface area contributed by atoms with E-state index in [-0.39, 0.29) is 11.8 Å². The molecule has 1 atom stereocenters. The molecule has 2 aromatic rings. The topological polar surface area (TPSA) is 67.8 Å². The van der Waals surface area contributed by atoms with Crippen molar-refractivity contribution < 1.29 is 19.4 Å². The van der Waals surface area contributed by atoms with E-state index in [1.165, 1.54) is 13.2 Å². The van der Waals surface area contributed by atoms with Crippen LogP contribution in [0.1, 0.15) is 30.5 Å². The van der Waals surface area contributed by atoms with E-state index in [4.69, 9.17) is 9.47 Å². The molecule has 0 saturated heterocycles. The number of esters is 1. The second-order valence-corrected chi connectivity index (χ2v) is 5.90. The average molecular weight is 355 g/mol. The Balaban J connectivity index is 2.28. The van der Waals surface area contributed by atoms with Crippen LogP contribution in [0.5, 0.6) is 5.75 Å². The van der Waals surface area contributed by atoms with Gasteiger partial charge in [0.2, 0.25) is 0 Å². The van der Waals surface area contributed by atoms with Crippen molar-refractivity contribution in [3.05, 3.63) is 71.5 Å². The molecule has 0 radical (unpaired) electrons. The first-order chi connectivity index (χ1) is 12.5. The number of hydrogen-bond acceptors (Lipinski definition) is 5. The van der Waals surface area contributed by atoms with E-state index in [9.17, 15) is 9.90 Å². The molecule has 0 spiro atoms. The first kappa shape index (κ1) is 19.4. The van der Waals surface area contributed by atoms with Crippen LogP contribution in [0.4, 0.5) is 5.69 Å². The van der Waals surface area contributed by atoms with Gasteiger partial charge >= 0.3 is 5.97 Å². The number of ether oxygens (including phenoxy) is 2. The van der Waals surface area contributed by atoms with Gasteiger partial charge < -0.3 is 19.9 Å². The average Bonchev–Trinajstić information content (AvgIpc) is 2.63. The number of aromatic hydroxyl groups is 1. The lowest BCUT2D eigenvalue weighted by molar-refractivity contribution is -0.137. The van der Waals surface area contributed by atoms with Gasteiger partial charge in [-0.05, 0) is 37.1 Å². The van der Waals surface area contributed by atoms with Crippen molar-refractivity contribution in [2.75, 3.05) is 19.0 Å². The van der Waals surface area contributed by atoms with Crippen molar-refractivity contribution >= 4 is 11.7 Å². The fourth-order valence-corrected chi connectivity index (χ4v) is 2.61. The number of carbonyl (C=O) groups excluding carboxylic acids is 1. The van der Waals surface area contributed by atoms with Crippen LogP contribution < -0.4 is 5.32 Å². The van der Waals surface area contributed by atoms with E-state index in [0.29, 0.717) is 24.5 Å². The van der Waals surface area contributed by atoms with Crippen LogP contribution in [-0.2, 0) is 14.3 Å². The molecule has 26 heavy (non-hydrogen) atoms. The largest absolute Gasteiger partial charge is 0.506 e. The summed E-state index contributed by atoms with van der Waals surface area (Å²) in [5.41, 5.74) is 2.61. The molecular formula is C21H25NO4. The summed E-state index contributed by atoms with van der Waals surface area (Å²) in [5, 5.41) is 13.5. The number of phenols is 1. The summed E-state index contributed by atoms with van der Waals surface area (Å²) in [5.74, 6) is 0.241. The van der Waals surface area contributed by atoms with Crippen molar-refractivity contribution in [1.29, 1.82) is 0 Å². The van der Waals surface area contributed by atoms with E-state index in [1.54, 1.807) is 13.0 Å². The highest BCUT2D eigenvalue weighted by Gasteiger charge is 2.17. The third kappa shape index (κ3) is 5.55. The minimum Gasteiger partial charge on any atom is -0.506 e. The number of hydrogen-bond donors (Lipinski definition) is 2. The first-order valence-corrected chi connectivity index (χ1v) is 8.56. The van der Waals surface area contributed by atoms with Gasteiger partial charge in [-0.2, -0.15) is 0 Å². The number of rotatable bonds is 8. The quantitative estimate of drug-likeness (QED) is 0.319. The van der Waals surface area contributed by atoms with Gasteiger partial charge in [0, 0.05) is 6.42 Å². The summed E-state index contributed by atoms with van der Waals surface area (Å²) in [7, 11) is 1.52. The van der Waals surface area contributed by atoms with Gasteiger partial charge in [-0.3, -0.25) is 0 Å². The molecular weight excluding hydrogens is 330 g/mol. The standard InChI is InChI=1S/C21H25NO4/c1-4-26-21(24)14-17(25-3)13-19(16-8-6-5-7-9-16)22-18-11-10-15(2)12-20(18)23/h5-12,14,19,22-23H,4,13H2,1-3H3/b17-14-. The van der Waals surface area contributed by atoms with Gasteiger partial charge in [0.05, 0.1) is 31.5 Å². The van der Waals surface area contributed by atoms with Crippen LogP contribution in [-0.4, -0.2) is 24.8 Å². The van der Waals surface area contributed by atoms with E-state index < -0.39 is 5.97 Å². The first-order valence-electron chi connectivity index (χ1n) is 8.56. The van der Waals surface area contributed by atoms with Gasteiger partial charge in [-0.1, -0.05) is 36.4 Å². The lowest BCUT2D eigenvalue weighted by Gasteiger charge is -2.22. The van der Waals surface area contributed by atoms with Crippen LogP contribution in [0.25, 0.3) is 0 Å². The Labute approximate surface area is 154 Å². The van der Waals surface area contributed by atoms with Gasteiger partial charge in [0.1, 0.15) is 11.5 Å². The SMILES string of the molecule is CCOC(=O)/C=C(/CC(Nc1ccc(C)cc1O)c1ccccc1)OC. The highest BCUT2D eigenvalue weighted by atomic mass is 16.5. The Bertz CT molecular complexity index is 756. The summed E-state index contributed by atoms with van der Waals surface area (Å²) in [6, 6.07) is 15.1. The van der Waals surface area contributed by atoms with E-state index in [1.807, 2.05) is 49.4 Å². The summed E-state index contributed by atoms with van der Waals surface area (Å²) in [4.78, 5) is 11.7. The Morgan fingerprint density at radius 3 is 2.58 bits per heavy atom. The molecule has 2 rings (SSSR count). The van der Waals surface area contributed by atoms with Crippen LogP contribution >= 0.6 is 0 Å². The second-order valence-electron chi connectivity index (χ2n) is 5.90. The molecule has 0 aliphatic carbocycles. The van der Waals surface area contributed by atoms with E-state index >= 15 is 0 Å². The fraction of sp³-hybridized carbons (Fsp3) is 0.286. The van der Waals surface area contributed by atoms with Gasteiger partial charge in [-0.25, -0.2) is 4.79 Å². The van der Waals surface area contributed by atoms with Crippen LogP contribution in [0.15, 0.2) is 60.4 Å². The lowest BCUT2D eigenvalue weighted by atomic mass is 10.0. The molecule has 2 N–H and O–H groups in total. The Hall–Kier alpha value is -2.95. The zero-order chi connectivity index (χ0) is 18.9. The van der Waals surface area contributed by atoms with Crippen molar-refractivity contribution in [2.45, 2.75) is 26.3 Å². The highest BCUT2D eigenvalue weighted by Crippen LogP contribution is 2.31. The summed E-state index contributed by atoms with van der Waals surface area (Å²) < 4.78 is 10.3. The zero-order valence-electron chi connectivity index (χ0n) is 15.4. The molecule has 0 saturated carbocycles. The maximum Gasteiger partial charge on any atom is 0.334 e. The number of carbonyl (C=O) groups is 1. The normalized spacial score (nSPS) is 12.3. The number of phenolic OH excluding ortho intramolecular Hbond substituents is 1. The number of anilines is 1. The lowest BCUT2D eigenvalue weighted by Crippen LogP contribution is -2.13. The molecule has 0 aliphatic heterocycles. The molecule has 0 aliphatic rings. The summed E-state index contributed by atoms with van der Waals surface area (Å²) in [6.45, 7) is 3.99. The number of aryl methyl sites for hydroxylation is 1. The van der Waals surface area contributed by atoms with Crippen LogP contribution in [0.2, 0.25) is 0 Å². The van der Waals surface area contributed by atoms with Crippen molar-refractivity contribution in [2.24, 2.45) is 0 Å². The molecule has 1 unspecified atom stereocenters. The van der Waals surface area contributed by atoms with Gasteiger partial charge in [0.25, 0.3) is 0 Å². The molecule has 5 nitrogen and oxygen atoms in total. The minimum absolute atomic E-state index is 0.180. The molecule has 0 amide bonds. The van der Waals surface area contributed by atoms with Gasteiger partial charge in [0.15, 0.2) is 0 Å². The highest BCUT2D eigenvalue weighted by molar-refractivity contribution is 5.82. The Kier molecular flexibility index (Phi) is 7.09. The third-order valence-corrected chi connectivity index (χ3v) is 3.92. The summed E-state index contributed by atoms with van der Waals surface area (Å²) in [6.07, 6.45) is 1.78. The molecule has 0 heterocycles. The molecule has 0 fully saturated rings. The maximum absolute atomic E-state index is 11.7. The molecule has 2 aromatic carbocycles. The number of nitrogens with one attached hydrogen (secondary N) is 1. The fourth-order valence-electron chi connectivity index (χ4n) is 2.61. The maximum atomic E-state index is 11.7. The van der Waals surface area contributed by atoms with E-state index in [0.717, 1.165) is 11.1 Å². The predicted molar refractivity (Wildman–Crippen MR) is 102 cm³/mol. The minimum atomic E-state index is -0.436. The molecule has 138 valence electrons. The number of methoxy groups -OCH3 is 1. The molecule has 5 heteroatoms. The number of benzene rings is 2. The van der Waals surface area contributed by atoms with Gasteiger partial charge in [-0.15, -0.1) is 0 Å². The van der Waals surface area contributed by atoms with Crippen molar-refractivity contribution in [3.8, 4) is 5.75 Å². The smallest absolute Gasteiger partial charge is 0.334 e. The monoisotopic (exact) mass is 355 g/mol. The van der Waals surface area contributed by atoms with Crippen LogP contribution in [0, 0.1) is 6.92 Å². The Morgan fingerprint density at radius 1 is 1.23 bits per heavy atom. The predicted octanol–water partition coefficient (Wildman–Crippen LogP) is 4.34.